The van der Waals surface area contributed by atoms with Crippen LogP contribution in [0.5, 0.6) is 5.75 Å². The zero-order valence-electron chi connectivity index (χ0n) is 24.6. The van der Waals surface area contributed by atoms with Crippen LogP contribution in [-0.2, 0) is 14.3 Å². The highest BCUT2D eigenvalue weighted by Gasteiger charge is 2.36. The lowest BCUT2D eigenvalue weighted by Crippen LogP contribution is -2.53. The Morgan fingerprint density at radius 3 is 2.27 bits per heavy atom. The van der Waals surface area contributed by atoms with Crippen molar-refractivity contribution in [3.8, 4) is 5.75 Å². The number of rotatable bonds is 10. The molecular weight excluding hydrogens is 522 g/mol. The van der Waals surface area contributed by atoms with Gasteiger partial charge in [0.1, 0.15) is 23.4 Å². The average Bonchev–Trinajstić information content (AvgIpc) is 2.88. The van der Waals surface area contributed by atoms with Gasteiger partial charge < -0.3 is 30.5 Å². The van der Waals surface area contributed by atoms with Crippen molar-refractivity contribution in [1.29, 1.82) is 0 Å². The van der Waals surface area contributed by atoms with E-state index in [1.54, 1.807) is 45.9 Å². The molecule has 3 aromatic rings. The Morgan fingerprint density at radius 2 is 1.66 bits per heavy atom. The summed E-state index contributed by atoms with van der Waals surface area (Å²) in [6, 6.07) is 15.8. The lowest BCUT2D eigenvalue weighted by molar-refractivity contribution is -0.141. The number of phenolic OH excluding ortho intramolecular Hbond substituents is 1. The number of ether oxygens (including phenoxy) is 1. The molecule has 3 amide bonds. The van der Waals surface area contributed by atoms with Gasteiger partial charge in [0.2, 0.25) is 5.91 Å². The van der Waals surface area contributed by atoms with Crippen LogP contribution in [-0.4, -0.2) is 57.8 Å². The Morgan fingerprint density at radius 1 is 0.976 bits per heavy atom. The fourth-order valence-corrected chi connectivity index (χ4v) is 4.62. The van der Waals surface area contributed by atoms with E-state index in [1.165, 1.54) is 11.0 Å². The highest BCUT2D eigenvalue weighted by atomic mass is 16.6. The van der Waals surface area contributed by atoms with Crippen molar-refractivity contribution in [3.05, 3.63) is 71.8 Å². The van der Waals surface area contributed by atoms with Crippen molar-refractivity contribution in [3.63, 3.8) is 0 Å². The van der Waals surface area contributed by atoms with Crippen LogP contribution in [0.2, 0.25) is 0 Å². The van der Waals surface area contributed by atoms with Crippen LogP contribution in [0.3, 0.4) is 0 Å². The number of aliphatic hydroxyl groups excluding tert-OH is 1. The molecule has 3 aromatic carbocycles. The number of alkyl carbamates (subject to hydrolysis) is 1. The summed E-state index contributed by atoms with van der Waals surface area (Å²) in [5.74, 6) is -0.974. The summed E-state index contributed by atoms with van der Waals surface area (Å²) >= 11 is 0. The first-order chi connectivity index (χ1) is 19.3. The number of fused-ring (bicyclic) bond motifs is 1. The van der Waals surface area contributed by atoms with Gasteiger partial charge in [-0.05, 0) is 86.2 Å². The summed E-state index contributed by atoms with van der Waals surface area (Å²) in [5.41, 5.74) is 0.733. The number of hydrogen-bond donors (Lipinski definition) is 4. The molecule has 0 aliphatic rings. The molecule has 0 aliphatic carbocycles. The van der Waals surface area contributed by atoms with Crippen LogP contribution in [0, 0.1) is 12.8 Å². The number of carbonyl (C=O) groups excluding carboxylic acids is 3. The van der Waals surface area contributed by atoms with E-state index in [4.69, 9.17) is 4.74 Å². The first kappa shape index (κ1) is 31.4. The van der Waals surface area contributed by atoms with Crippen LogP contribution >= 0.6 is 0 Å². The van der Waals surface area contributed by atoms with Gasteiger partial charge in [-0.2, -0.15) is 0 Å². The highest BCUT2D eigenvalue weighted by Crippen LogP contribution is 2.29. The molecule has 0 fully saturated rings. The van der Waals surface area contributed by atoms with Crippen molar-refractivity contribution < 1.29 is 29.3 Å². The van der Waals surface area contributed by atoms with Crippen molar-refractivity contribution >= 4 is 34.4 Å². The second-order valence-corrected chi connectivity index (χ2v) is 11.6. The molecule has 3 rings (SSSR count). The SMILES string of the molecule is Cc1cc(C(C(=O)Nc2ccc3ccccc3c2)N(CCO)C(=O)C(CC(C)C)NC(=O)OC(C)(C)C)ccc1O. The van der Waals surface area contributed by atoms with Crippen molar-refractivity contribution in [2.45, 2.75) is 65.6 Å². The Balaban J connectivity index is 2.03. The number of benzene rings is 3. The molecule has 0 radical (unpaired) electrons. The Kier molecular flexibility index (Phi) is 10.3. The van der Waals surface area contributed by atoms with Gasteiger partial charge >= 0.3 is 6.09 Å². The molecular formula is C32H41N3O6. The van der Waals surface area contributed by atoms with Crippen molar-refractivity contribution in [2.75, 3.05) is 18.5 Å². The third kappa shape index (κ3) is 8.69. The zero-order chi connectivity index (χ0) is 30.3. The molecule has 2 atom stereocenters. The first-order valence-electron chi connectivity index (χ1n) is 13.8. The quantitative estimate of drug-likeness (QED) is 0.265. The standard InChI is InChI=1S/C32H41N3O6/c1-20(2)17-26(34-31(40)41-32(4,5)6)30(39)35(15-16-36)28(24-12-14-27(37)21(3)18-24)29(38)33-25-13-11-22-9-7-8-10-23(22)19-25/h7-14,18-20,26,28,36-37H,15-17H2,1-6H3,(H,33,38)(H,34,40). The minimum atomic E-state index is -1.17. The predicted molar refractivity (Wildman–Crippen MR) is 160 cm³/mol. The molecule has 0 saturated carbocycles. The van der Waals surface area contributed by atoms with E-state index in [1.807, 2.05) is 50.2 Å². The molecule has 0 bridgehead atoms. The Labute approximate surface area is 241 Å². The molecule has 0 aliphatic heterocycles. The van der Waals surface area contributed by atoms with Crippen molar-refractivity contribution in [1.82, 2.24) is 10.2 Å². The second kappa shape index (κ2) is 13.5. The number of aryl methyl sites for hydroxylation is 1. The molecule has 9 heteroatoms. The smallest absolute Gasteiger partial charge is 0.408 e. The van der Waals surface area contributed by atoms with Gasteiger partial charge in [0.05, 0.1) is 6.61 Å². The third-order valence-corrected chi connectivity index (χ3v) is 6.43. The van der Waals surface area contributed by atoms with Crippen molar-refractivity contribution in [2.24, 2.45) is 5.92 Å². The van der Waals surface area contributed by atoms with Crippen LogP contribution in [0.25, 0.3) is 10.8 Å². The molecule has 0 heterocycles. The topological polar surface area (TPSA) is 128 Å². The third-order valence-electron chi connectivity index (χ3n) is 6.43. The van der Waals surface area contributed by atoms with Gasteiger partial charge in [-0.15, -0.1) is 0 Å². The number of nitrogens with one attached hydrogen (secondary N) is 2. The number of amides is 3. The fourth-order valence-electron chi connectivity index (χ4n) is 4.62. The Bertz CT molecular complexity index is 1380. The molecule has 0 aromatic heterocycles. The van der Waals surface area contributed by atoms with Gasteiger partial charge in [0.25, 0.3) is 5.91 Å². The lowest BCUT2D eigenvalue weighted by atomic mass is 9.98. The van der Waals surface area contributed by atoms with Crippen LogP contribution in [0.4, 0.5) is 10.5 Å². The maximum atomic E-state index is 14.1. The lowest BCUT2D eigenvalue weighted by Gasteiger charge is -2.34. The Hall–Kier alpha value is -4.11. The van der Waals surface area contributed by atoms with E-state index in [0.29, 0.717) is 16.8 Å². The summed E-state index contributed by atoms with van der Waals surface area (Å²) < 4.78 is 5.40. The number of carbonyl (C=O) groups is 3. The van der Waals surface area contributed by atoms with E-state index < -0.39 is 42.2 Å². The maximum Gasteiger partial charge on any atom is 0.408 e. The number of hydrogen-bond acceptors (Lipinski definition) is 6. The second-order valence-electron chi connectivity index (χ2n) is 11.6. The fraction of sp³-hybridized carbons (Fsp3) is 0.406. The maximum absolute atomic E-state index is 14.1. The summed E-state index contributed by atoms with van der Waals surface area (Å²) in [4.78, 5) is 42.0. The minimum Gasteiger partial charge on any atom is -0.508 e. The molecule has 220 valence electrons. The van der Waals surface area contributed by atoms with Gasteiger partial charge in [-0.1, -0.05) is 50.2 Å². The van der Waals surface area contributed by atoms with E-state index >= 15 is 0 Å². The summed E-state index contributed by atoms with van der Waals surface area (Å²) in [6.07, 6.45) is -0.466. The monoisotopic (exact) mass is 563 g/mol. The minimum absolute atomic E-state index is 0.0238. The predicted octanol–water partition coefficient (Wildman–Crippen LogP) is 5.29. The summed E-state index contributed by atoms with van der Waals surface area (Å²) in [5, 5.41) is 27.7. The number of anilines is 1. The van der Waals surface area contributed by atoms with E-state index in [-0.39, 0.29) is 24.6 Å². The highest BCUT2D eigenvalue weighted by molar-refractivity contribution is 6.00. The van der Waals surface area contributed by atoms with Gasteiger partial charge in [-0.3, -0.25) is 9.59 Å². The largest absolute Gasteiger partial charge is 0.508 e. The molecule has 2 unspecified atom stereocenters. The molecule has 0 spiro atoms. The summed E-state index contributed by atoms with van der Waals surface area (Å²) in [6.45, 7) is 10.1. The number of aliphatic hydroxyl groups is 1. The summed E-state index contributed by atoms with van der Waals surface area (Å²) in [7, 11) is 0. The zero-order valence-corrected chi connectivity index (χ0v) is 24.6. The van der Waals surface area contributed by atoms with E-state index in [0.717, 1.165) is 10.8 Å². The van der Waals surface area contributed by atoms with Gasteiger partial charge in [-0.25, -0.2) is 4.79 Å². The van der Waals surface area contributed by atoms with Gasteiger partial charge in [0.15, 0.2) is 0 Å². The number of aromatic hydroxyl groups is 1. The normalized spacial score (nSPS) is 13.0. The molecule has 41 heavy (non-hydrogen) atoms. The number of phenols is 1. The van der Waals surface area contributed by atoms with Gasteiger partial charge in [0, 0.05) is 12.2 Å². The van der Waals surface area contributed by atoms with E-state index in [2.05, 4.69) is 10.6 Å². The van der Waals surface area contributed by atoms with Crippen LogP contribution < -0.4 is 10.6 Å². The van der Waals surface area contributed by atoms with E-state index in [9.17, 15) is 24.6 Å². The first-order valence-corrected chi connectivity index (χ1v) is 13.8. The molecule has 0 saturated heterocycles. The average molecular weight is 564 g/mol. The molecule has 4 N–H and O–H groups in total. The molecule has 9 nitrogen and oxygen atoms in total. The number of nitrogens with zero attached hydrogens (tertiary/aromatic N) is 1. The van der Waals surface area contributed by atoms with Crippen LogP contribution in [0.15, 0.2) is 60.7 Å². The van der Waals surface area contributed by atoms with Crippen LogP contribution in [0.1, 0.15) is 58.2 Å².